The molecule has 0 aromatic carbocycles. The fourth-order valence-electron chi connectivity index (χ4n) is 1.06. The summed E-state index contributed by atoms with van der Waals surface area (Å²) in [5, 5.41) is 15.3. The zero-order valence-electron chi connectivity index (χ0n) is 9.07. The van der Waals surface area contributed by atoms with E-state index in [1.807, 2.05) is 20.8 Å². The average molecular weight is 218 g/mol. The van der Waals surface area contributed by atoms with E-state index in [9.17, 15) is 4.79 Å². The summed E-state index contributed by atoms with van der Waals surface area (Å²) in [6.07, 6.45) is 0.638. The van der Waals surface area contributed by atoms with E-state index in [2.05, 4.69) is 10.5 Å². The summed E-state index contributed by atoms with van der Waals surface area (Å²) in [4.78, 5) is 11.4. The zero-order valence-corrected chi connectivity index (χ0v) is 9.89. The molecule has 0 aliphatic rings. The lowest BCUT2D eigenvalue weighted by Crippen LogP contribution is -2.32. The van der Waals surface area contributed by atoms with Crippen molar-refractivity contribution in [3.8, 4) is 0 Å². The Balaban J connectivity index is 4.54. The van der Waals surface area contributed by atoms with Gasteiger partial charge >= 0.3 is 0 Å². The van der Waals surface area contributed by atoms with Gasteiger partial charge in [-0.05, 0) is 6.42 Å². The average Bonchev–Trinajstić information content (AvgIpc) is 2.16. The van der Waals surface area contributed by atoms with Gasteiger partial charge in [0.25, 0.3) is 0 Å². The van der Waals surface area contributed by atoms with E-state index in [1.54, 1.807) is 7.05 Å². The Labute approximate surface area is 89.1 Å². The van der Waals surface area contributed by atoms with Crippen LogP contribution in [0.4, 0.5) is 0 Å². The number of hydrogen-bond acceptors (Lipinski definition) is 4. The first-order chi connectivity index (χ1) is 6.56. The molecule has 0 saturated heterocycles. The fourth-order valence-corrected chi connectivity index (χ4v) is 2.03. The molecule has 0 spiro atoms. The summed E-state index contributed by atoms with van der Waals surface area (Å²) < 4.78 is 0. The highest BCUT2D eigenvalue weighted by molar-refractivity contribution is 8.14. The minimum Gasteiger partial charge on any atom is -0.410 e. The third kappa shape index (κ3) is 4.00. The molecule has 0 aromatic rings. The molecule has 4 nitrogen and oxygen atoms in total. The molecular weight excluding hydrogens is 200 g/mol. The van der Waals surface area contributed by atoms with E-state index >= 15 is 0 Å². The van der Waals surface area contributed by atoms with Gasteiger partial charge in [-0.3, -0.25) is 4.79 Å². The summed E-state index contributed by atoms with van der Waals surface area (Å²) >= 11 is 1.42. The Kier molecular flexibility index (Phi) is 6.36. The van der Waals surface area contributed by atoms with Crippen LogP contribution in [0.25, 0.3) is 0 Å². The fraction of sp³-hybridized carbons (Fsp3) is 0.778. The second kappa shape index (κ2) is 6.70. The normalized spacial score (nSPS) is 14.2. The van der Waals surface area contributed by atoms with Gasteiger partial charge in [0.15, 0.2) is 0 Å². The van der Waals surface area contributed by atoms with Crippen molar-refractivity contribution in [2.45, 2.75) is 32.4 Å². The van der Waals surface area contributed by atoms with Gasteiger partial charge in [0.05, 0.1) is 5.92 Å². The number of thioether (sulfide) groups is 1. The third-order valence-electron chi connectivity index (χ3n) is 1.72. The lowest BCUT2D eigenvalue weighted by atomic mass is 10.1. The molecule has 82 valence electrons. The highest BCUT2D eigenvalue weighted by Crippen LogP contribution is 2.20. The number of amides is 1. The number of oxime groups is 1. The smallest absolute Gasteiger partial charge is 0.229 e. The van der Waals surface area contributed by atoms with Crippen LogP contribution in [-0.4, -0.2) is 28.5 Å². The van der Waals surface area contributed by atoms with Crippen molar-refractivity contribution >= 4 is 22.7 Å². The molecule has 1 atom stereocenters. The molecule has 1 unspecified atom stereocenters. The van der Waals surface area contributed by atoms with Crippen molar-refractivity contribution in [1.29, 1.82) is 0 Å². The quantitative estimate of drug-likeness (QED) is 0.327. The molecule has 0 aromatic heterocycles. The van der Waals surface area contributed by atoms with Gasteiger partial charge in [-0.2, -0.15) is 0 Å². The monoisotopic (exact) mass is 218 g/mol. The molecule has 0 heterocycles. The number of rotatable bonds is 4. The van der Waals surface area contributed by atoms with Gasteiger partial charge in [-0.25, -0.2) is 0 Å². The molecule has 14 heavy (non-hydrogen) atoms. The van der Waals surface area contributed by atoms with Crippen LogP contribution in [0.1, 0.15) is 27.2 Å². The number of carbonyl (C=O) groups excluding carboxylic acids is 1. The SMILES string of the molecule is CCC(C(=O)NC)/C(=N/O)SC(C)C. The van der Waals surface area contributed by atoms with E-state index in [0.717, 1.165) is 0 Å². The lowest BCUT2D eigenvalue weighted by molar-refractivity contribution is -0.122. The first kappa shape index (κ1) is 13.3. The number of hydrogen-bond donors (Lipinski definition) is 2. The van der Waals surface area contributed by atoms with Crippen LogP contribution in [0, 0.1) is 5.92 Å². The van der Waals surface area contributed by atoms with Crippen LogP contribution in [-0.2, 0) is 4.79 Å². The Morgan fingerprint density at radius 3 is 2.43 bits per heavy atom. The summed E-state index contributed by atoms with van der Waals surface area (Å²) in [6, 6.07) is 0. The van der Waals surface area contributed by atoms with Crippen LogP contribution in [0.5, 0.6) is 0 Å². The molecule has 5 heteroatoms. The molecule has 0 fully saturated rings. The van der Waals surface area contributed by atoms with E-state index in [0.29, 0.717) is 16.7 Å². The number of carbonyl (C=O) groups is 1. The topological polar surface area (TPSA) is 61.7 Å². The van der Waals surface area contributed by atoms with Crippen molar-refractivity contribution in [2.24, 2.45) is 11.1 Å². The van der Waals surface area contributed by atoms with Crippen LogP contribution in [0.2, 0.25) is 0 Å². The Bertz CT molecular complexity index is 217. The van der Waals surface area contributed by atoms with Crippen molar-refractivity contribution in [3.05, 3.63) is 0 Å². The van der Waals surface area contributed by atoms with Crippen LogP contribution < -0.4 is 5.32 Å². The van der Waals surface area contributed by atoms with Gasteiger partial charge in [-0.1, -0.05) is 25.9 Å². The second-order valence-corrected chi connectivity index (χ2v) is 4.78. The highest BCUT2D eigenvalue weighted by atomic mass is 32.2. The van der Waals surface area contributed by atoms with E-state index < -0.39 is 0 Å². The predicted molar refractivity (Wildman–Crippen MR) is 59.8 cm³/mol. The van der Waals surface area contributed by atoms with Gasteiger partial charge in [0, 0.05) is 12.3 Å². The second-order valence-electron chi connectivity index (χ2n) is 3.18. The lowest BCUT2D eigenvalue weighted by Gasteiger charge is -2.15. The van der Waals surface area contributed by atoms with E-state index in [4.69, 9.17) is 5.21 Å². The van der Waals surface area contributed by atoms with Gasteiger partial charge in [-0.15, -0.1) is 11.8 Å². The van der Waals surface area contributed by atoms with Crippen LogP contribution in [0.3, 0.4) is 0 Å². The molecule has 0 rings (SSSR count). The van der Waals surface area contributed by atoms with Crippen molar-refractivity contribution < 1.29 is 10.0 Å². The van der Waals surface area contributed by atoms with Gasteiger partial charge in [0.1, 0.15) is 5.04 Å². The van der Waals surface area contributed by atoms with Crippen molar-refractivity contribution in [1.82, 2.24) is 5.32 Å². The highest BCUT2D eigenvalue weighted by Gasteiger charge is 2.23. The summed E-state index contributed by atoms with van der Waals surface area (Å²) in [5.41, 5.74) is 0. The van der Waals surface area contributed by atoms with Gasteiger partial charge < -0.3 is 10.5 Å². The minimum atomic E-state index is -0.336. The molecule has 0 saturated carbocycles. The first-order valence-corrected chi connectivity index (χ1v) is 5.54. The third-order valence-corrected chi connectivity index (χ3v) is 2.80. The van der Waals surface area contributed by atoms with E-state index in [-0.39, 0.29) is 11.8 Å². The zero-order chi connectivity index (χ0) is 11.1. The number of nitrogens with zero attached hydrogens (tertiary/aromatic N) is 1. The molecule has 0 aliphatic heterocycles. The van der Waals surface area contributed by atoms with E-state index in [1.165, 1.54) is 11.8 Å². The van der Waals surface area contributed by atoms with Crippen molar-refractivity contribution in [2.75, 3.05) is 7.05 Å². The first-order valence-electron chi connectivity index (χ1n) is 4.66. The Hall–Kier alpha value is -0.710. The number of nitrogens with one attached hydrogen (secondary N) is 1. The van der Waals surface area contributed by atoms with Crippen LogP contribution >= 0.6 is 11.8 Å². The maximum absolute atomic E-state index is 11.4. The summed E-state index contributed by atoms with van der Waals surface area (Å²) in [5.74, 6) is -0.439. The molecule has 0 radical (unpaired) electrons. The molecule has 1 amide bonds. The Morgan fingerprint density at radius 2 is 2.14 bits per heavy atom. The van der Waals surface area contributed by atoms with Gasteiger partial charge in [0.2, 0.25) is 5.91 Å². The molecule has 0 aliphatic carbocycles. The maximum atomic E-state index is 11.4. The standard InChI is InChI=1S/C9H18N2O2S/c1-5-7(8(12)10-4)9(11-13)14-6(2)3/h6-7,13H,5H2,1-4H3,(H,10,12)/b11-9-. The van der Waals surface area contributed by atoms with Crippen LogP contribution in [0.15, 0.2) is 5.16 Å². The summed E-state index contributed by atoms with van der Waals surface area (Å²) in [7, 11) is 1.58. The largest absolute Gasteiger partial charge is 0.410 e. The minimum absolute atomic E-state index is 0.103. The maximum Gasteiger partial charge on any atom is 0.229 e. The molecule has 2 N–H and O–H groups in total. The summed E-state index contributed by atoms with van der Waals surface area (Å²) in [6.45, 7) is 5.88. The molecular formula is C9H18N2O2S. The molecule has 0 bridgehead atoms. The Morgan fingerprint density at radius 1 is 1.57 bits per heavy atom. The van der Waals surface area contributed by atoms with Crippen molar-refractivity contribution in [3.63, 3.8) is 0 Å². The predicted octanol–water partition coefficient (Wildman–Crippen LogP) is 1.69.